The van der Waals surface area contributed by atoms with Gasteiger partial charge in [-0.3, -0.25) is 0 Å². The molecule has 2 heterocycles. The second kappa shape index (κ2) is 7.37. The van der Waals surface area contributed by atoms with E-state index in [0.717, 1.165) is 42.0 Å². The van der Waals surface area contributed by atoms with Crippen LogP contribution in [0.5, 0.6) is 0 Å². The summed E-state index contributed by atoms with van der Waals surface area (Å²) in [5.41, 5.74) is 5.36. The van der Waals surface area contributed by atoms with Crippen LogP contribution in [0.1, 0.15) is 18.2 Å². The van der Waals surface area contributed by atoms with Gasteiger partial charge < -0.3 is 15.8 Å². The SMILES string of the molecule is CCc1cc2c(NCCCOCCN)ncnc2s1. The molecule has 0 bridgehead atoms. The molecule has 0 saturated carbocycles. The molecule has 2 aromatic heterocycles. The number of aryl methyl sites for hydroxylation is 1. The molecule has 5 nitrogen and oxygen atoms in total. The lowest BCUT2D eigenvalue weighted by atomic mass is 10.3. The fourth-order valence-electron chi connectivity index (χ4n) is 1.79. The summed E-state index contributed by atoms with van der Waals surface area (Å²) in [7, 11) is 0. The number of nitrogens with one attached hydrogen (secondary N) is 1. The highest BCUT2D eigenvalue weighted by Gasteiger charge is 2.07. The quantitative estimate of drug-likeness (QED) is 0.724. The lowest BCUT2D eigenvalue weighted by Crippen LogP contribution is -2.11. The van der Waals surface area contributed by atoms with Gasteiger partial charge in [-0.15, -0.1) is 11.3 Å². The van der Waals surface area contributed by atoms with Crippen molar-refractivity contribution in [3.63, 3.8) is 0 Å². The Labute approximate surface area is 117 Å². The number of anilines is 1. The normalized spacial score (nSPS) is 11.1. The highest BCUT2D eigenvalue weighted by atomic mass is 32.1. The van der Waals surface area contributed by atoms with Gasteiger partial charge in [-0.1, -0.05) is 6.92 Å². The van der Waals surface area contributed by atoms with Gasteiger partial charge in [-0.25, -0.2) is 9.97 Å². The van der Waals surface area contributed by atoms with Gasteiger partial charge in [0.25, 0.3) is 0 Å². The third kappa shape index (κ3) is 3.86. The van der Waals surface area contributed by atoms with Crippen molar-refractivity contribution in [2.75, 3.05) is 31.6 Å². The van der Waals surface area contributed by atoms with E-state index in [9.17, 15) is 0 Å². The van der Waals surface area contributed by atoms with Gasteiger partial charge in [0.2, 0.25) is 0 Å². The Morgan fingerprint density at radius 1 is 1.37 bits per heavy atom. The molecular formula is C13H20N4OS. The summed E-state index contributed by atoms with van der Waals surface area (Å²) in [6, 6.07) is 2.17. The smallest absolute Gasteiger partial charge is 0.138 e. The Bertz CT molecular complexity index is 514. The number of nitrogens with zero attached hydrogens (tertiary/aromatic N) is 2. The van der Waals surface area contributed by atoms with Crippen molar-refractivity contribution in [3.05, 3.63) is 17.3 Å². The predicted octanol–water partition coefficient (Wildman–Crippen LogP) is 2.03. The van der Waals surface area contributed by atoms with Crippen LogP contribution in [0, 0.1) is 0 Å². The van der Waals surface area contributed by atoms with Crippen LogP contribution in [0.2, 0.25) is 0 Å². The monoisotopic (exact) mass is 280 g/mol. The fraction of sp³-hybridized carbons (Fsp3) is 0.538. The van der Waals surface area contributed by atoms with Crippen molar-refractivity contribution in [1.82, 2.24) is 9.97 Å². The molecule has 0 unspecified atom stereocenters. The summed E-state index contributed by atoms with van der Waals surface area (Å²) in [6.07, 6.45) is 3.59. The van der Waals surface area contributed by atoms with Crippen LogP contribution in [0.4, 0.5) is 5.82 Å². The lowest BCUT2D eigenvalue weighted by molar-refractivity contribution is 0.141. The van der Waals surface area contributed by atoms with Crippen LogP contribution in [0.15, 0.2) is 12.4 Å². The largest absolute Gasteiger partial charge is 0.380 e. The molecule has 19 heavy (non-hydrogen) atoms. The number of nitrogens with two attached hydrogens (primary N) is 1. The van der Waals surface area contributed by atoms with Crippen LogP contribution < -0.4 is 11.1 Å². The minimum Gasteiger partial charge on any atom is -0.380 e. The Balaban J connectivity index is 1.91. The van der Waals surface area contributed by atoms with Crippen molar-refractivity contribution in [1.29, 1.82) is 0 Å². The van der Waals surface area contributed by atoms with E-state index in [4.69, 9.17) is 10.5 Å². The Morgan fingerprint density at radius 3 is 3.05 bits per heavy atom. The topological polar surface area (TPSA) is 73.1 Å². The number of ether oxygens (including phenoxy) is 1. The first-order valence-electron chi connectivity index (χ1n) is 6.60. The lowest BCUT2D eigenvalue weighted by Gasteiger charge is -2.06. The molecular weight excluding hydrogens is 260 g/mol. The summed E-state index contributed by atoms with van der Waals surface area (Å²) in [4.78, 5) is 11.0. The molecule has 0 aliphatic heterocycles. The second-order valence-electron chi connectivity index (χ2n) is 4.19. The summed E-state index contributed by atoms with van der Waals surface area (Å²) >= 11 is 1.73. The highest BCUT2D eigenvalue weighted by molar-refractivity contribution is 7.18. The van der Waals surface area contributed by atoms with Gasteiger partial charge in [0.15, 0.2) is 0 Å². The molecule has 2 rings (SSSR count). The minimum atomic E-state index is 0.578. The molecule has 6 heteroatoms. The molecule has 0 saturated heterocycles. The average molecular weight is 280 g/mol. The molecule has 0 radical (unpaired) electrons. The number of aromatic nitrogens is 2. The van der Waals surface area contributed by atoms with Crippen molar-refractivity contribution in [2.45, 2.75) is 19.8 Å². The maximum absolute atomic E-state index is 5.36. The molecule has 0 amide bonds. The molecule has 0 spiro atoms. The molecule has 3 N–H and O–H groups in total. The van der Waals surface area contributed by atoms with Gasteiger partial charge in [0.1, 0.15) is 17.0 Å². The zero-order valence-corrected chi connectivity index (χ0v) is 12.0. The molecule has 0 aliphatic carbocycles. The van der Waals surface area contributed by atoms with Crippen molar-refractivity contribution in [3.8, 4) is 0 Å². The number of rotatable bonds is 8. The predicted molar refractivity (Wildman–Crippen MR) is 79.8 cm³/mol. The molecule has 104 valence electrons. The van der Waals surface area contributed by atoms with Crippen LogP contribution in [-0.4, -0.2) is 36.3 Å². The number of hydrogen-bond acceptors (Lipinski definition) is 6. The third-order valence-electron chi connectivity index (χ3n) is 2.75. The van der Waals surface area contributed by atoms with Crippen LogP contribution in [0.3, 0.4) is 0 Å². The first kappa shape index (κ1) is 14.2. The van der Waals surface area contributed by atoms with E-state index >= 15 is 0 Å². The van der Waals surface area contributed by atoms with Crippen molar-refractivity contribution >= 4 is 27.4 Å². The summed E-state index contributed by atoms with van der Waals surface area (Å²) in [5, 5.41) is 4.46. The van der Waals surface area contributed by atoms with Crippen molar-refractivity contribution in [2.24, 2.45) is 5.73 Å². The Kier molecular flexibility index (Phi) is 5.50. The molecule has 2 aromatic rings. The summed E-state index contributed by atoms with van der Waals surface area (Å²) < 4.78 is 5.33. The van der Waals surface area contributed by atoms with Gasteiger partial charge >= 0.3 is 0 Å². The number of hydrogen-bond donors (Lipinski definition) is 2. The van der Waals surface area contributed by atoms with Crippen molar-refractivity contribution < 1.29 is 4.74 Å². The minimum absolute atomic E-state index is 0.578. The fourth-order valence-corrected chi connectivity index (χ4v) is 2.72. The van der Waals surface area contributed by atoms with Gasteiger partial charge in [0.05, 0.1) is 12.0 Å². The van der Waals surface area contributed by atoms with Crippen LogP contribution in [-0.2, 0) is 11.2 Å². The first-order chi connectivity index (χ1) is 9.35. The standard InChI is InChI=1S/C13H20N4OS/c1-2-10-8-11-12(16-9-17-13(11)19-10)15-5-3-6-18-7-4-14/h8-9H,2-7,14H2,1H3,(H,15,16,17). The maximum atomic E-state index is 5.36. The first-order valence-corrected chi connectivity index (χ1v) is 7.42. The van der Waals surface area contributed by atoms with Crippen LogP contribution in [0.25, 0.3) is 10.2 Å². The van der Waals surface area contributed by atoms with E-state index < -0.39 is 0 Å². The van der Waals surface area contributed by atoms with E-state index in [0.29, 0.717) is 13.2 Å². The molecule has 0 atom stereocenters. The number of thiophene rings is 1. The summed E-state index contributed by atoms with van der Waals surface area (Å²) in [5.74, 6) is 0.916. The number of fused-ring (bicyclic) bond motifs is 1. The van der Waals surface area contributed by atoms with E-state index in [1.165, 1.54) is 4.88 Å². The zero-order chi connectivity index (χ0) is 13.5. The van der Waals surface area contributed by atoms with E-state index in [1.54, 1.807) is 17.7 Å². The highest BCUT2D eigenvalue weighted by Crippen LogP contribution is 2.28. The second-order valence-corrected chi connectivity index (χ2v) is 5.30. The van der Waals surface area contributed by atoms with E-state index in [-0.39, 0.29) is 0 Å². The van der Waals surface area contributed by atoms with E-state index in [2.05, 4.69) is 28.3 Å². The summed E-state index contributed by atoms with van der Waals surface area (Å²) in [6.45, 7) is 4.92. The molecule has 0 aromatic carbocycles. The van der Waals surface area contributed by atoms with E-state index in [1.807, 2.05) is 0 Å². The maximum Gasteiger partial charge on any atom is 0.138 e. The third-order valence-corrected chi connectivity index (χ3v) is 3.94. The van der Waals surface area contributed by atoms with Gasteiger partial charge in [-0.2, -0.15) is 0 Å². The van der Waals surface area contributed by atoms with Gasteiger partial charge in [0, 0.05) is 24.6 Å². The molecule has 0 aliphatic rings. The molecule has 0 fully saturated rings. The van der Waals surface area contributed by atoms with Gasteiger partial charge in [-0.05, 0) is 18.9 Å². The Morgan fingerprint density at radius 2 is 2.26 bits per heavy atom. The zero-order valence-electron chi connectivity index (χ0n) is 11.2. The average Bonchev–Trinajstić information content (AvgIpc) is 2.86. The van der Waals surface area contributed by atoms with Crippen LogP contribution >= 0.6 is 11.3 Å². The Hall–Kier alpha value is -1.24.